The first kappa shape index (κ1) is 26.8. The maximum Gasteiger partial charge on any atom is 0.329 e. The number of urea groups is 1. The average molecular weight is 579 g/mol. The summed E-state index contributed by atoms with van der Waals surface area (Å²) in [6.45, 7) is 1.54. The molecule has 0 unspecified atom stereocenters. The minimum atomic E-state index is -0.715. The first-order chi connectivity index (χ1) is 17.6. The molecule has 11 heteroatoms. The van der Waals surface area contributed by atoms with Crippen molar-refractivity contribution in [3.63, 3.8) is 0 Å². The maximum absolute atomic E-state index is 12.8. The molecule has 4 rings (SSSR count). The third kappa shape index (κ3) is 6.56. The largest absolute Gasteiger partial charge is 0.486 e. The first-order valence-electron chi connectivity index (χ1n) is 10.9. The van der Waals surface area contributed by atoms with Crippen LogP contribution >= 0.6 is 46.4 Å². The van der Waals surface area contributed by atoms with E-state index in [0.717, 1.165) is 10.5 Å². The number of anilines is 1. The molecule has 1 aliphatic heterocycles. The number of nitrogens with one attached hydrogen (secondary N) is 2. The van der Waals surface area contributed by atoms with Crippen LogP contribution in [-0.2, 0) is 16.2 Å². The SMILES string of the molecule is Cc1cccc(NC(=O)CN2C(=O)N/C(=C/c3cc(Cl)c(OCc4ccc(Cl)cc4Cl)c(Cl)c3)C2=O)c1. The highest BCUT2D eigenvalue weighted by molar-refractivity contribution is 6.37. The number of ether oxygens (including phenoxy) is 1. The van der Waals surface area contributed by atoms with Crippen LogP contribution in [-0.4, -0.2) is 29.3 Å². The lowest BCUT2D eigenvalue weighted by molar-refractivity contribution is -0.127. The Balaban J connectivity index is 1.44. The number of hydrogen-bond donors (Lipinski definition) is 2. The fourth-order valence-electron chi connectivity index (χ4n) is 3.54. The van der Waals surface area contributed by atoms with Crippen LogP contribution in [0.5, 0.6) is 5.75 Å². The Kier molecular flexibility index (Phi) is 8.29. The minimum Gasteiger partial charge on any atom is -0.486 e. The van der Waals surface area contributed by atoms with Crippen molar-refractivity contribution in [2.45, 2.75) is 13.5 Å². The molecule has 0 bridgehead atoms. The highest BCUT2D eigenvalue weighted by atomic mass is 35.5. The Labute approximate surface area is 232 Å². The summed E-state index contributed by atoms with van der Waals surface area (Å²) in [4.78, 5) is 38.4. The van der Waals surface area contributed by atoms with E-state index in [1.807, 2.05) is 13.0 Å². The molecule has 1 heterocycles. The van der Waals surface area contributed by atoms with Gasteiger partial charge in [-0.05, 0) is 60.5 Å². The fraction of sp³-hybridized carbons (Fsp3) is 0.115. The predicted octanol–water partition coefficient (Wildman–Crippen LogP) is 6.72. The number of nitrogens with zero attached hydrogens (tertiary/aromatic N) is 1. The maximum atomic E-state index is 12.8. The summed E-state index contributed by atoms with van der Waals surface area (Å²) in [7, 11) is 0. The van der Waals surface area contributed by atoms with Crippen molar-refractivity contribution < 1.29 is 19.1 Å². The minimum absolute atomic E-state index is 0.0258. The van der Waals surface area contributed by atoms with E-state index in [2.05, 4.69) is 10.6 Å². The van der Waals surface area contributed by atoms with Gasteiger partial charge >= 0.3 is 6.03 Å². The monoisotopic (exact) mass is 577 g/mol. The molecule has 1 saturated heterocycles. The van der Waals surface area contributed by atoms with Crippen molar-refractivity contribution in [3.05, 3.63) is 97.1 Å². The lowest BCUT2D eigenvalue weighted by Crippen LogP contribution is -2.38. The predicted molar refractivity (Wildman–Crippen MR) is 145 cm³/mol. The summed E-state index contributed by atoms with van der Waals surface area (Å²) in [6.07, 6.45) is 1.41. The number of aryl methyl sites for hydroxylation is 1. The Hall–Kier alpha value is -3.23. The zero-order valence-corrected chi connectivity index (χ0v) is 22.3. The van der Waals surface area contributed by atoms with Gasteiger partial charge in [0.2, 0.25) is 5.91 Å². The van der Waals surface area contributed by atoms with E-state index in [1.165, 1.54) is 18.2 Å². The highest BCUT2D eigenvalue weighted by Gasteiger charge is 2.35. The van der Waals surface area contributed by atoms with Crippen molar-refractivity contribution in [2.75, 3.05) is 11.9 Å². The number of hydrogen-bond acceptors (Lipinski definition) is 4. The van der Waals surface area contributed by atoms with Gasteiger partial charge in [-0.3, -0.25) is 9.59 Å². The molecular formula is C26H19Cl4N3O4. The normalized spacial score (nSPS) is 14.2. The van der Waals surface area contributed by atoms with E-state index in [0.29, 0.717) is 26.9 Å². The molecule has 4 amide bonds. The lowest BCUT2D eigenvalue weighted by Gasteiger charge is -2.12. The van der Waals surface area contributed by atoms with Crippen LogP contribution in [0.1, 0.15) is 16.7 Å². The fourth-order valence-corrected chi connectivity index (χ4v) is 4.61. The van der Waals surface area contributed by atoms with Crippen molar-refractivity contribution in [3.8, 4) is 5.75 Å². The second kappa shape index (κ2) is 11.4. The van der Waals surface area contributed by atoms with Gasteiger partial charge in [-0.25, -0.2) is 9.69 Å². The third-order valence-electron chi connectivity index (χ3n) is 5.28. The van der Waals surface area contributed by atoms with Gasteiger partial charge in [0.1, 0.15) is 18.8 Å². The van der Waals surface area contributed by atoms with E-state index in [1.54, 1.807) is 36.4 Å². The molecule has 37 heavy (non-hydrogen) atoms. The van der Waals surface area contributed by atoms with Gasteiger partial charge in [-0.2, -0.15) is 0 Å². The quantitative estimate of drug-likeness (QED) is 0.241. The van der Waals surface area contributed by atoms with E-state index >= 15 is 0 Å². The van der Waals surface area contributed by atoms with Gasteiger partial charge in [0, 0.05) is 21.3 Å². The number of benzene rings is 3. The molecular weight excluding hydrogens is 560 g/mol. The second-order valence-electron chi connectivity index (χ2n) is 8.14. The molecule has 0 saturated carbocycles. The molecule has 0 atom stereocenters. The number of rotatable bonds is 7. The summed E-state index contributed by atoms with van der Waals surface area (Å²) >= 11 is 24.8. The first-order valence-corrected chi connectivity index (χ1v) is 12.4. The number of amides is 4. The van der Waals surface area contributed by atoms with Crippen LogP contribution in [0.4, 0.5) is 10.5 Å². The molecule has 7 nitrogen and oxygen atoms in total. The summed E-state index contributed by atoms with van der Waals surface area (Å²) in [5.41, 5.74) is 2.64. The van der Waals surface area contributed by atoms with Crippen LogP contribution in [0.25, 0.3) is 6.08 Å². The second-order valence-corrected chi connectivity index (χ2v) is 9.79. The van der Waals surface area contributed by atoms with Crippen molar-refractivity contribution >= 4 is 76.0 Å². The molecule has 190 valence electrons. The van der Waals surface area contributed by atoms with Crippen LogP contribution in [0.3, 0.4) is 0 Å². The number of carbonyl (C=O) groups is 3. The molecule has 0 spiro atoms. The zero-order chi connectivity index (χ0) is 26.7. The number of carbonyl (C=O) groups excluding carboxylic acids is 3. The molecule has 3 aromatic rings. The van der Waals surface area contributed by atoms with Crippen molar-refractivity contribution in [2.24, 2.45) is 0 Å². The highest BCUT2D eigenvalue weighted by Crippen LogP contribution is 2.36. The lowest BCUT2D eigenvalue weighted by atomic mass is 10.1. The third-order valence-corrected chi connectivity index (χ3v) is 6.43. The Morgan fingerprint density at radius 1 is 1.00 bits per heavy atom. The zero-order valence-electron chi connectivity index (χ0n) is 19.3. The van der Waals surface area contributed by atoms with Gasteiger partial charge in [0.05, 0.1) is 10.0 Å². The van der Waals surface area contributed by atoms with Gasteiger partial charge in [0.15, 0.2) is 5.75 Å². The van der Waals surface area contributed by atoms with Crippen molar-refractivity contribution in [1.29, 1.82) is 0 Å². The van der Waals surface area contributed by atoms with E-state index in [9.17, 15) is 14.4 Å². The molecule has 1 aliphatic rings. The molecule has 0 radical (unpaired) electrons. The molecule has 0 aliphatic carbocycles. The summed E-state index contributed by atoms with van der Waals surface area (Å²) < 4.78 is 5.75. The number of imide groups is 1. The van der Waals surface area contributed by atoms with Crippen LogP contribution in [0, 0.1) is 6.92 Å². The molecule has 3 aromatic carbocycles. The van der Waals surface area contributed by atoms with Crippen LogP contribution in [0.2, 0.25) is 20.1 Å². The standard InChI is InChI=1S/C26H19Cl4N3O4/c1-14-3-2-4-18(7-14)31-23(34)12-33-25(35)22(32-26(33)36)10-15-8-20(29)24(21(30)9-15)37-13-16-5-6-17(27)11-19(16)28/h2-11H,12-13H2,1H3,(H,31,34)(H,32,36)/b22-10+. The Morgan fingerprint density at radius 2 is 1.73 bits per heavy atom. The van der Waals surface area contributed by atoms with Gasteiger partial charge in [-0.15, -0.1) is 0 Å². The average Bonchev–Trinajstić information content (AvgIpc) is 3.07. The van der Waals surface area contributed by atoms with E-state index in [-0.39, 0.29) is 28.1 Å². The summed E-state index contributed by atoms with van der Waals surface area (Å²) in [5, 5.41) is 6.46. The van der Waals surface area contributed by atoms with Crippen molar-refractivity contribution in [1.82, 2.24) is 10.2 Å². The molecule has 0 aromatic heterocycles. The Bertz CT molecular complexity index is 1420. The van der Waals surface area contributed by atoms with Gasteiger partial charge in [-0.1, -0.05) is 64.6 Å². The van der Waals surface area contributed by atoms with Gasteiger partial charge < -0.3 is 15.4 Å². The van der Waals surface area contributed by atoms with Crippen LogP contribution < -0.4 is 15.4 Å². The Morgan fingerprint density at radius 3 is 2.41 bits per heavy atom. The number of halogens is 4. The molecule has 2 N–H and O–H groups in total. The molecule has 1 fully saturated rings. The van der Waals surface area contributed by atoms with E-state index < -0.39 is 24.4 Å². The van der Waals surface area contributed by atoms with Crippen LogP contribution in [0.15, 0.2) is 60.3 Å². The smallest absolute Gasteiger partial charge is 0.329 e. The topological polar surface area (TPSA) is 87.7 Å². The van der Waals surface area contributed by atoms with E-state index in [4.69, 9.17) is 51.1 Å². The van der Waals surface area contributed by atoms with Gasteiger partial charge in [0.25, 0.3) is 5.91 Å². The summed E-state index contributed by atoms with van der Waals surface area (Å²) in [5.74, 6) is -0.939. The summed E-state index contributed by atoms with van der Waals surface area (Å²) in [6, 6.07) is 14.5.